The molecule has 0 unspecified atom stereocenters. The average molecular weight is 219 g/mol. The van der Waals surface area contributed by atoms with Crippen LogP contribution in [-0.4, -0.2) is 6.54 Å². The molecule has 0 saturated carbocycles. The fourth-order valence-corrected chi connectivity index (χ4v) is 1.76. The lowest BCUT2D eigenvalue weighted by Crippen LogP contribution is -2.20. The fourth-order valence-electron chi connectivity index (χ4n) is 1.76. The molecule has 0 atom stereocenters. The van der Waals surface area contributed by atoms with Gasteiger partial charge >= 0.3 is 0 Å². The Labute approximate surface area is 100 Å². The highest BCUT2D eigenvalue weighted by Crippen LogP contribution is 2.17. The monoisotopic (exact) mass is 219 g/mol. The van der Waals surface area contributed by atoms with Gasteiger partial charge in [-0.15, -0.1) is 0 Å². The second-order valence-electron chi connectivity index (χ2n) is 5.61. The van der Waals surface area contributed by atoms with Crippen LogP contribution >= 0.6 is 0 Å². The number of rotatable bonds is 5. The summed E-state index contributed by atoms with van der Waals surface area (Å²) in [5.41, 5.74) is 3.33. The van der Waals surface area contributed by atoms with Crippen molar-refractivity contribution in [2.45, 2.75) is 47.1 Å². The van der Waals surface area contributed by atoms with E-state index in [0.717, 1.165) is 19.5 Å². The van der Waals surface area contributed by atoms with E-state index in [1.807, 2.05) is 0 Å². The third-order valence-corrected chi connectivity index (χ3v) is 2.87. The Balaban J connectivity index is 2.37. The van der Waals surface area contributed by atoms with Crippen LogP contribution in [0.1, 0.15) is 45.2 Å². The van der Waals surface area contributed by atoms with Crippen LogP contribution in [0.3, 0.4) is 0 Å². The number of hydrogen-bond donors (Lipinski definition) is 1. The number of benzene rings is 1. The van der Waals surface area contributed by atoms with Gasteiger partial charge in [0.25, 0.3) is 0 Å². The Morgan fingerprint density at radius 3 is 2.25 bits per heavy atom. The molecule has 1 rings (SSSR count). The number of nitrogens with one attached hydrogen (secondary N) is 1. The van der Waals surface area contributed by atoms with E-state index in [1.165, 1.54) is 17.5 Å². The van der Waals surface area contributed by atoms with Gasteiger partial charge in [-0.3, -0.25) is 0 Å². The Hall–Kier alpha value is -0.820. The molecule has 0 aliphatic carbocycles. The lowest BCUT2D eigenvalue weighted by atomic mass is 9.92. The van der Waals surface area contributed by atoms with Crippen LogP contribution in [0.2, 0.25) is 0 Å². The van der Waals surface area contributed by atoms with Gasteiger partial charge in [0.15, 0.2) is 0 Å². The zero-order valence-electron chi connectivity index (χ0n) is 11.1. The normalized spacial score (nSPS) is 11.8. The predicted octanol–water partition coefficient (Wildman–Crippen LogP) is 3.77. The van der Waals surface area contributed by atoms with Gasteiger partial charge in [0, 0.05) is 6.54 Å². The molecule has 0 bridgehead atoms. The van der Waals surface area contributed by atoms with E-state index in [4.69, 9.17) is 0 Å². The molecule has 1 nitrogen and oxygen atoms in total. The van der Waals surface area contributed by atoms with Crippen molar-refractivity contribution in [2.24, 2.45) is 5.41 Å². The highest BCUT2D eigenvalue weighted by Gasteiger charge is 2.08. The van der Waals surface area contributed by atoms with Gasteiger partial charge in [-0.1, -0.05) is 52.0 Å². The molecule has 0 heterocycles. The highest BCUT2D eigenvalue weighted by molar-refractivity contribution is 5.26. The van der Waals surface area contributed by atoms with E-state index in [9.17, 15) is 0 Å². The first kappa shape index (κ1) is 13.2. The zero-order chi connectivity index (χ0) is 12.0. The first-order valence-corrected chi connectivity index (χ1v) is 6.30. The summed E-state index contributed by atoms with van der Waals surface area (Å²) in [5, 5.41) is 3.53. The van der Waals surface area contributed by atoms with Gasteiger partial charge in [-0.25, -0.2) is 0 Å². The first-order chi connectivity index (χ1) is 7.53. The largest absolute Gasteiger partial charge is 0.313 e. The topological polar surface area (TPSA) is 12.0 Å². The molecule has 1 aromatic rings. The zero-order valence-corrected chi connectivity index (χ0v) is 11.1. The van der Waals surface area contributed by atoms with Gasteiger partial charge in [0.1, 0.15) is 0 Å². The second-order valence-corrected chi connectivity index (χ2v) is 5.61. The minimum atomic E-state index is 0.428. The molecule has 0 amide bonds. The van der Waals surface area contributed by atoms with Crippen molar-refractivity contribution in [3.63, 3.8) is 0 Å². The summed E-state index contributed by atoms with van der Waals surface area (Å²) >= 11 is 0. The van der Waals surface area contributed by atoms with Crippen molar-refractivity contribution >= 4 is 0 Å². The molecule has 90 valence electrons. The second kappa shape index (κ2) is 6.05. The van der Waals surface area contributed by atoms with Crippen molar-refractivity contribution in [3.8, 4) is 0 Å². The average Bonchev–Trinajstić information content (AvgIpc) is 2.23. The van der Waals surface area contributed by atoms with Crippen LogP contribution in [0.15, 0.2) is 24.3 Å². The maximum absolute atomic E-state index is 3.53. The fraction of sp³-hybridized carbons (Fsp3) is 0.600. The molecule has 0 aliphatic rings. The van der Waals surface area contributed by atoms with Crippen molar-refractivity contribution < 1.29 is 0 Å². The molecule has 1 N–H and O–H groups in total. The van der Waals surface area contributed by atoms with E-state index < -0.39 is 0 Å². The molecule has 0 aromatic heterocycles. The summed E-state index contributed by atoms with van der Waals surface area (Å²) in [4.78, 5) is 0. The molecule has 1 aromatic carbocycles. The summed E-state index contributed by atoms with van der Waals surface area (Å²) in [7, 11) is 0. The highest BCUT2D eigenvalue weighted by atomic mass is 14.8. The molecular weight excluding hydrogens is 194 g/mol. The molecule has 16 heavy (non-hydrogen) atoms. The molecular formula is C15H25N. The predicted molar refractivity (Wildman–Crippen MR) is 71.6 cm³/mol. The maximum Gasteiger partial charge on any atom is 0.0208 e. The maximum atomic E-state index is 3.53. The smallest absolute Gasteiger partial charge is 0.0208 e. The Kier molecular flexibility index (Phi) is 5.01. The Bertz CT molecular complexity index is 309. The van der Waals surface area contributed by atoms with Crippen molar-refractivity contribution in [3.05, 3.63) is 35.4 Å². The van der Waals surface area contributed by atoms with E-state index in [-0.39, 0.29) is 0 Å². The van der Waals surface area contributed by atoms with Crippen LogP contribution in [0.25, 0.3) is 0 Å². The van der Waals surface area contributed by atoms with Gasteiger partial charge in [0.2, 0.25) is 0 Å². The van der Waals surface area contributed by atoms with E-state index in [0.29, 0.717) is 5.41 Å². The molecule has 1 heteroatoms. The minimum Gasteiger partial charge on any atom is -0.313 e. The first-order valence-electron chi connectivity index (χ1n) is 6.30. The van der Waals surface area contributed by atoms with Gasteiger partial charge in [-0.05, 0) is 35.9 Å². The van der Waals surface area contributed by atoms with Gasteiger partial charge in [0.05, 0.1) is 0 Å². The molecule has 0 aliphatic heterocycles. The van der Waals surface area contributed by atoms with Crippen LogP contribution in [-0.2, 0) is 13.0 Å². The van der Waals surface area contributed by atoms with Gasteiger partial charge in [-0.2, -0.15) is 0 Å². The quantitative estimate of drug-likeness (QED) is 0.743. The molecule has 0 spiro atoms. The van der Waals surface area contributed by atoms with Crippen molar-refractivity contribution in [1.82, 2.24) is 5.32 Å². The van der Waals surface area contributed by atoms with E-state index in [1.54, 1.807) is 0 Å². The number of hydrogen-bond acceptors (Lipinski definition) is 1. The lowest BCUT2D eigenvalue weighted by molar-refractivity contribution is 0.366. The van der Waals surface area contributed by atoms with Gasteiger partial charge < -0.3 is 5.32 Å². The molecule has 0 fully saturated rings. The standard InChI is InChI=1S/C15H25N/c1-5-13-8-6-7-9-14(13)12-16-11-10-15(2,3)4/h6-9,16H,5,10-12H2,1-4H3. The summed E-state index contributed by atoms with van der Waals surface area (Å²) in [5.74, 6) is 0. The van der Waals surface area contributed by atoms with Crippen molar-refractivity contribution in [1.29, 1.82) is 0 Å². The number of aryl methyl sites for hydroxylation is 1. The summed E-state index contributed by atoms with van der Waals surface area (Å²) < 4.78 is 0. The minimum absolute atomic E-state index is 0.428. The molecule has 0 saturated heterocycles. The lowest BCUT2D eigenvalue weighted by Gasteiger charge is -2.18. The van der Waals surface area contributed by atoms with E-state index >= 15 is 0 Å². The summed E-state index contributed by atoms with van der Waals surface area (Å²) in [6, 6.07) is 8.70. The van der Waals surface area contributed by atoms with Crippen LogP contribution < -0.4 is 5.32 Å². The Morgan fingerprint density at radius 1 is 1.06 bits per heavy atom. The third-order valence-electron chi connectivity index (χ3n) is 2.87. The summed E-state index contributed by atoms with van der Waals surface area (Å²) in [6.45, 7) is 11.2. The molecule has 0 radical (unpaired) electrons. The van der Waals surface area contributed by atoms with Crippen LogP contribution in [0, 0.1) is 5.41 Å². The SMILES string of the molecule is CCc1ccccc1CNCCC(C)(C)C. The summed E-state index contributed by atoms with van der Waals surface area (Å²) in [6.07, 6.45) is 2.35. The third kappa shape index (κ3) is 4.80. The van der Waals surface area contributed by atoms with Crippen molar-refractivity contribution in [2.75, 3.05) is 6.54 Å². The van der Waals surface area contributed by atoms with Crippen LogP contribution in [0.4, 0.5) is 0 Å². The van der Waals surface area contributed by atoms with E-state index in [2.05, 4.69) is 57.3 Å². The van der Waals surface area contributed by atoms with Crippen LogP contribution in [0.5, 0.6) is 0 Å². The Morgan fingerprint density at radius 2 is 1.69 bits per heavy atom.